The molecule has 0 spiro atoms. The van der Waals surface area contributed by atoms with Crippen molar-refractivity contribution in [3.8, 4) is 0 Å². The topological polar surface area (TPSA) is 44.7 Å². The van der Waals surface area contributed by atoms with Crippen molar-refractivity contribution in [1.82, 2.24) is 5.32 Å². The summed E-state index contributed by atoms with van der Waals surface area (Å²) in [5.41, 5.74) is 7.14. The van der Waals surface area contributed by atoms with Gasteiger partial charge in [-0.05, 0) is 113 Å². The minimum atomic E-state index is -0.0871. The Morgan fingerprint density at radius 3 is 2.53 bits per heavy atom. The van der Waals surface area contributed by atoms with Crippen LogP contribution in [0, 0.1) is 13.8 Å². The van der Waals surface area contributed by atoms with Crippen LogP contribution in [0.5, 0.6) is 0 Å². The molecule has 2 heterocycles. The molecule has 0 bridgehead atoms. The Hall–Kier alpha value is -2.53. The minimum Gasteiger partial charge on any atom is -0.364 e. The van der Waals surface area contributed by atoms with E-state index in [0.29, 0.717) is 22.0 Å². The first kappa shape index (κ1) is 22.7. The number of aryl methyl sites for hydroxylation is 2. The number of hydrogen-bond acceptors (Lipinski definition) is 4. The summed E-state index contributed by atoms with van der Waals surface area (Å²) < 4.78 is 0. The Morgan fingerprint density at radius 2 is 1.88 bits per heavy atom. The van der Waals surface area contributed by atoms with Crippen LogP contribution in [0.4, 0.5) is 11.4 Å². The Bertz CT molecular complexity index is 1110. The van der Waals surface area contributed by atoms with E-state index in [0.717, 1.165) is 17.7 Å². The molecule has 1 fully saturated rings. The fourth-order valence-electron chi connectivity index (χ4n) is 5.11. The molecule has 1 amide bonds. The maximum atomic E-state index is 12.6. The van der Waals surface area contributed by atoms with E-state index in [1.54, 1.807) is 0 Å². The van der Waals surface area contributed by atoms with Crippen molar-refractivity contribution in [2.45, 2.75) is 72.4 Å². The van der Waals surface area contributed by atoms with Gasteiger partial charge in [-0.15, -0.1) is 0 Å². The second-order valence-electron chi connectivity index (χ2n) is 9.97. The summed E-state index contributed by atoms with van der Waals surface area (Å²) in [5, 5.41) is 3.53. The van der Waals surface area contributed by atoms with E-state index in [4.69, 9.17) is 0 Å². The number of benzene rings is 2. The smallest absolute Gasteiger partial charge is 0.264 e. The average molecular weight is 448 g/mol. The number of nitrogens with zero attached hydrogens (tertiary/aromatic N) is 2. The standard InChI is InChI=1S/C27H33N3OS/c1-16(2)30-23-12-18(4)20(13-22(23)19(5)15-27(30,6)7)14-24-25(31)29-26(32-24)28-21-10-8-17(3)9-11-21/h8-14,16,19H,15H2,1-7H3,(H,28,29,31)/b24-14-. The lowest BCUT2D eigenvalue weighted by molar-refractivity contribution is -0.115. The summed E-state index contributed by atoms with van der Waals surface area (Å²) in [4.78, 5) is 20.5. The number of rotatable bonds is 3. The highest BCUT2D eigenvalue weighted by Gasteiger charge is 2.38. The summed E-state index contributed by atoms with van der Waals surface area (Å²) in [5.74, 6) is 0.382. The van der Waals surface area contributed by atoms with Crippen LogP contribution < -0.4 is 10.2 Å². The summed E-state index contributed by atoms with van der Waals surface area (Å²) in [7, 11) is 0. The average Bonchev–Trinajstić information content (AvgIpc) is 3.02. The highest BCUT2D eigenvalue weighted by Crippen LogP contribution is 2.45. The fraction of sp³-hybridized carbons (Fsp3) is 0.407. The normalized spacial score (nSPS) is 22.6. The molecule has 2 aromatic rings. The molecule has 4 nitrogen and oxygen atoms in total. The molecule has 4 rings (SSSR count). The van der Waals surface area contributed by atoms with Crippen LogP contribution in [-0.2, 0) is 4.79 Å². The van der Waals surface area contributed by atoms with Gasteiger partial charge in [0.15, 0.2) is 5.17 Å². The molecular weight excluding hydrogens is 414 g/mol. The molecule has 32 heavy (non-hydrogen) atoms. The predicted octanol–water partition coefficient (Wildman–Crippen LogP) is 6.70. The van der Waals surface area contributed by atoms with Crippen LogP contribution in [0.2, 0.25) is 0 Å². The Balaban J connectivity index is 1.67. The Labute approximate surface area is 196 Å². The third-order valence-electron chi connectivity index (χ3n) is 6.38. The largest absolute Gasteiger partial charge is 0.364 e. The van der Waals surface area contributed by atoms with E-state index in [2.05, 4.69) is 68.9 Å². The summed E-state index contributed by atoms with van der Waals surface area (Å²) in [6.07, 6.45) is 3.12. The molecule has 1 N–H and O–H groups in total. The lowest BCUT2D eigenvalue weighted by atomic mass is 9.78. The van der Waals surface area contributed by atoms with Gasteiger partial charge in [-0.2, -0.15) is 0 Å². The second kappa shape index (κ2) is 8.43. The number of amidine groups is 1. The second-order valence-corrected chi connectivity index (χ2v) is 11.0. The van der Waals surface area contributed by atoms with Crippen molar-refractivity contribution in [2.75, 3.05) is 4.90 Å². The third kappa shape index (κ3) is 4.36. The number of anilines is 1. The minimum absolute atomic E-state index is 0.0871. The van der Waals surface area contributed by atoms with Gasteiger partial charge in [-0.25, -0.2) is 4.99 Å². The van der Waals surface area contributed by atoms with Crippen LogP contribution in [0.25, 0.3) is 6.08 Å². The SMILES string of the molecule is Cc1ccc(N=C2NC(=O)/C(=C/c3cc4c(cc3C)N(C(C)C)C(C)(C)CC4C)S2)cc1. The van der Waals surface area contributed by atoms with Crippen LogP contribution in [-0.4, -0.2) is 22.7 Å². The van der Waals surface area contributed by atoms with Crippen molar-refractivity contribution in [3.05, 3.63) is 63.6 Å². The summed E-state index contributed by atoms with van der Waals surface area (Å²) >= 11 is 1.40. The van der Waals surface area contributed by atoms with Crippen molar-refractivity contribution in [2.24, 2.45) is 4.99 Å². The van der Waals surface area contributed by atoms with Gasteiger partial charge in [0.1, 0.15) is 0 Å². The lowest BCUT2D eigenvalue weighted by Gasteiger charge is -2.50. The zero-order chi connectivity index (χ0) is 23.2. The quantitative estimate of drug-likeness (QED) is 0.533. The number of hydrogen-bond donors (Lipinski definition) is 1. The third-order valence-corrected chi connectivity index (χ3v) is 7.29. The van der Waals surface area contributed by atoms with Crippen LogP contribution >= 0.6 is 11.8 Å². The first-order valence-electron chi connectivity index (χ1n) is 11.4. The van der Waals surface area contributed by atoms with Gasteiger partial charge in [0.05, 0.1) is 10.6 Å². The van der Waals surface area contributed by atoms with Crippen molar-refractivity contribution >= 4 is 40.3 Å². The number of nitrogens with one attached hydrogen (secondary N) is 1. The van der Waals surface area contributed by atoms with Crippen molar-refractivity contribution in [1.29, 1.82) is 0 Å². The maximum absolute atomic E-state index is 12.6. The van der Waals surface area contributed by atoms with Gasteiger partial charge >= 0.3 is 0 Å². The Kier molecular flexibility index (Phi) is 5.97. The highest BCUT2D eigenvalue weighted by atomic mass is 32.2. The first-order chi connectivity index (χ1) is 15.0. The number of aliphatic imine (C=N–C) groups is 1. The van der Waals surface area contributed by atoms with Crippen LogP contribution in [0.3, 0.4) is 0 Å². The first-order valence-corrected chi connectivity index (χ1v) is 12.2. The molecule has 168 valence electrons. The lowest BCUT2D eigenvalue weighted by Crippen LogP contribution is -2.51. The molecule has 1 saturated heterocycles. The molecule has 0 aromatic heterocycles. The van der Waals surface area contributed by atoms with E-state index < -0.39 is 0 Å². The molecule has 2 aliphatic heterocycles. The summed E-state index contributed by atoms with van der Waals surface area (Å²) in [6, 6.07) is 13.0. The number of carbonyl (C=O) groups excluding carboxylic acids is 1. The molecule has 0 aliphatic carbocycles. The number of carbonyl (C=O) groups is 1. The molecule has 2 aromatic carbocycles. The van der Waals surface area contributed by atoms with Gasteiger partial charge < -0.3 is 10.2 Å². The zero-order valence-electron chi connectivity index (χ0n) is 20.1. The van der Waals surface area contributed by atoms with Crippen molar-refractivity contribution < 1.29 is 4.79 Å². The molecule has 0 radical (unpaired) electrons. The molecular formula is C27H33N3OS. The van der Waals surface area contributed by atoms with Gasteiger partial charge in [0.2, 0.25) is 0 Å². The van der Waals surface area contributed by atoms with Gasteiger partial charge in [-0.3, -0.25) is 4.79 Å². The van der Waals surface area contributed by atoms with Gasteiger partial charge in [-0.1, -0.05) is 24.6 Å². The molecule has 0 saturated carbocycles. The molecule has 5 heteroatoms. The molecule has 2 aliphatic rings. The van der Waals surface area contributed by atoms with E-state index in [9.17, 15) is 4.79 Å². The van der Waals surface area contributed by atoms with Crippen molar-refractivity contribution in [3.63, 3.8) is 0 Å². The number of amides is 1. The maximum Gasteiger partial charge on any atom is 0.264 e. The van der Waals surface area contributed by atoms with E-state index in [1.165, 1.54) is 34.1 Å². The monoisotopic (exact) mass is 447 g/mol. The molecule has 1 atom stereocenters. The van der Waals surface area contributed by atoms with Gasteiger partial charge in [0, 0.05) is 17.3 Å². The van der Waals surface area contributed by atoms with E-state index >= 15 is 0 Å². The highest BCUT2D eigenvalue weighted by molar-refractivity contribution is 8.18. The van der Waals surface area contributed by atoms with E-state index in [-0.39, 0.29) is 11.4 Å². The number of thioether (sulfide) groups is 1. The van der Waals surface area contributed by atoms with Gasteiger partial charge in [0.25, 0.3) is 5.91 Å². The zero-order valence-corrected chi connectivity index (χ0v) is 20.9. The van der Waals surface area contributed by atoms with E-state index in [1.807, 2.05) is 37.3 Å². The fourth-order valence-corrected chi connectivity index (χ4v) is 5.94. The molecule has 1 unspecified atom stereocenters. The van der Waals surface area contributed by atoms with Crippen LogP contribution in [0.1, 0.15) is 69.2 Å². The summed E-state index contributed by atoms with van der Waals surface area (Å²) in [6.45, 7) is 15.7. The predicted molar refractivity (Wildman–Crippen MR) is 138 cm³/mol. The number of fused-ring (bicyclic) bond motifs is 1. The van der Waals surface area contributed by atoms with Crippen LogP contribution in [0.15, 0.2) is 46.3 Å². The Morgan fingerprint density at radius 1 is 1.19 bits per heavy atom.